The molecule has 0 unspecified atom stereocenters. The number of benzene rings is 2. The quantitative estimate of drug-likeness (QED) is 0.484. The molecule has 5 nitrogen and oxygen atoms in total. The summed E-state index contributed by atoms with van der Waals surface area (Å²) in [6.07, 6.45) is 0. The van der Waals surface area contributed by atoms with Crippen molar-refractivity contribution in [3.63, 3.8) is 0 Å². The second kappa shape index (κ2) is 4.34. The van der Waals surface area contributed by atoms with Gasteiger partial charge in [0.25, 0.3) is 5.69 Å². The Morgan fingerprint density at radius 1 is 1.24 bits per heavy atom. The normalized spacial score (nSPS) is 10.1. The lowest BCUT2D eigenvalue weighted by Gasteiger charge is -2.07. The van der Waals surface area contributed by atoms with Crippen molar-refractivity contribution in [3.8, 4) is 0 Å². The van der Waals surface area contributed by atoms with Crippen LogP contribution in [0.15, 0.2) is 36.4 Å². The minimum absolute atomic E-state index is 0.0640. The zero-order valence-electron chi connectivity index (χ0n) is 8.71. The van der Waals surface area contributed by atoms with Crippen molar-refractivity contribution in [1.82, 2.24) is 0 Å². The van der Waals surface area contributed by atoms with E-state index in [-0.39, 0.29) is 10.8 Å². The highest BCUT2D eigenvalue weighted by Gasteiger charge is 2.12. The van der Waals surface area contributed by atoms with Crippen LogP contribution in [-0.4, -0.2) is 10.0 Å². The van der Waals surface area contributed by atoms with Gasteiger partial charge in [-0.25, -0.2) is 0 Å². The van der Waals surface area contributed by atoms with Gasteiger partial charge in [0.1, 0.15) is 0 Å². The van der Waals surface area contributed by atoms with Crippen molar-refractivity contribution < 1.29 is 4.92 Å². The van der Waals surface area contributed by atoms with Crippen LogP contribution in [-0.2, 0) is 0 Å². The molecule has 0 fully saturated rings. The Kier molecular flexibility index (Phi) is 2.88. The molecular weight excluding hydrogens is 238 g/mol. The summed E-state index contributed by atoms with van der Waals surface area (Å²) in [5.74, 6) is 0. The summed E-state index contributed by atoms with van der Waals surface area (Å²) in [6.45, 7) is 0. The number of nitro benzene ring substituents is 1. The first-order valence-electron chi connectivity index (χ1n) is 4.82. The molecule has 17 heavy (non-hydrogen) atoms. The van der Waals surface area contributed by atoms with Gasteiger partial charge in [-0.05, 0) is 24.4 Å². The highest BCUT2D eigenvalue weighted by molar-refractivity contribution is 7.80. The summed E-state index contributed by atoms with van der Waals surface area (Å²) in [7, 11) is 0. The lowest BCUT2D eigenvalue weighted by atomic mass is 10.1. The van der Waals surface area contributed by atoms with Gasteiger partial charge in [-0.15, -0.1) is 0 Å². The summed E-state index contributed by atoms with van der Waals surface area (Å²) in [6, 6.07) is 10.1. The van der Waals surface area contributed by atoms with Gasteiger partial charge in [-0.2, -0.15) is 0 Å². The largest absolute Gasteiger partial charge is 0.376 e. The molecule has 2 aromatic carbocycles. The summed E-state index contributed by atoms with van der Waals surface area (Å²) in [5.41, 5.74) is 6.13. The molecule has 0 aliphatic heterocycles. The molecule has 0 heterocycles. The van der Waals surface area contributed by atoms with E-state index in [9.17, 15) is 10.1 Å². The fraction of sp³-hybridized carbons (Fsp3) is 0. The van der Waals surface area contributed by atoms with E-state index in [4.69, 9.17) is 18.0 Å². The second-order valence-electron chi connectivity index (χ2n) is 3.42. The van der Waals surface area contributed by atoms with Crippen molar-refractivity contribution in [2.24, 2.45) is 5.73 Å². The number of fused-ring (bicyclic) bond motifs is 1. The Labute approximate surface area is 102 Å². The van der Waals surface area contributed by atoms with E-state index < -0.39 is 4.92 Å². The van der Waals surface area contributed by atoms with E-state index in [0.717, 1.165) is 5.39 Å². The van der Waals surface area contributed by atoms with Gasteiger partial charge in [0.2, 0.25) is 0 Å². The molecule has 0 amide bonds. The lowest BCUT2D eigenvalue weighted by molar-refractivity contribution is -0.383. The van der Waals surface area contributed by atoms with Gasteiger partial charge in [-0.3, -0.25) is 10.1 Å². The standard InChI is InChI=1S/C11H9N3O2S/c12-11(17)13-9-5-1-4-8-7(9)3-2-6-10(8)14(15)16/h1-6H,(H3,12,13,17). The predicted octanol–water partition coefficient (Wildman–Crippen LogP) is 2.40. The van der Waals surface area contributed by atoms with Gasteiger partial charge >= 0.3 is 0 Å². The minimum atomic E-state index is -0.410. The molecular formula is C11H9N3O2S. The predicted molar refractivity (Wildman–Crippen MR) is 71.0 cm³/mol. The Morgan fingerprint density at radius 2 is 1.88 bits per heavy atom. The maximum absolute atomic E-state index is 10.9. The number of nitrogens with zero attached hydrogens (tertiary/aromatic N) is 1. The lowest BCUT2D eigenvalue weighted by Crippen LogP contribution is -2.18. The molecule has 0 bridgehead atoms. The van der Waals surface area contributed by atoms with Gasteiger partial charge in [0.15, 0.2) is 5.11 Å². The topological polar surface area (TPSA) is 81.2 Å². The SMILES string of the molecule is NC(=S)Nc1cccc2c([N+](=O)[O-])cccc12. The molecule has 0 spiro atoms. The first-order valence-corrected chi connectivity index (χ1v) is 5.23. The van der Waals surface area contributed by atoms with Crippen LogP contribution in [0.1, 0.15) is 0 Å². The molecule has 6 heteroatoms. The number of non-ortho nitro benzene ring substituents is 1. The number of hydrogen-bond acceptors (Lipinski definition) is 3. The number of nitrogens with two attached hydrogens (primary N) is 1. The van der Waals surface area contributed by atoms with Gasteiger partial charge in [-0.1, -0.05) is 18.2 Å². The van der Waals surface area contributed by atoms with Crippen LogP contribution in [0.3, 0.4) is 0 Å². The first-order chi connectivity index (χ1) is 8.09. The van der Waals surface area contributed by atoms with Gasteiger partial charge in [0.05, 0.1) is 10.3 Å². The summed E-state index contributed by atoms with van der Waals surface area (Å²) < 4.78 is 0. The Morgan fingerprint density at radius 3 is 2.53 bits per heavy atom. The summed E-state index contributed by atoms with van der Waals surface area (Å²) in [5, 5.41) is 15.1. The average molecular weight is 247 g/mol. The van der Waals surface area contributed by atoms with Crippen LogP contribution in [0.4, 0.5) is 11.4 Å². The maximum atomic E-state index is 10.9. The van der Waals surface area contributed by atoms with Crippen molar-refractivity contribution >= 4 is 39.5 Å². The van der Waals surface area contributed by atoms with Crippen LogP contribution in [0, 0.1) is 10.1 Å². The molecule has 0 saturated carbocycles. The van der Waals surface area contributed by atoms with E-state index in [0.29, 0.717) is 11.1 Å². The van der Waals surface area contributed by atoms with Crippen molar-refractivity contribution in [2.75, 3.05) is 5.32 Å². The highest BCUT2D eigenvalue weighted by atomic mass is 32.1. The molecule has 0 aliphatic rings. The molecule has 2 aromatic rings. The zero-order chi connectivity index (χ0) is 12.4. The number of hydrogen-bond donors (Lipinski definition) is 2. The average Bonchev–Trinajstić information content (AvgIpc) is 2.28. The Hall–Kier alpha value is -2.21. The fourth-order valence-electron chi connectivity index (χ4n) is 1.69. The second-order valence-corrected chi connectivity index (χ2v) is 3.86. The van der Waals surface area contributed by atoms with Gasteiger partial charge < -0.3 is 11.1 Å². The highest BCUT2D eigenvalue weighted by Crippen LogP contribution is 2.30. The Bertz CT molecular complexity index is 613. The van der Waals surface area contributed by atoms with E-state index >= 15 is 0 Å². The fourth-order valence-corrected chi connectivity index (χ4v) is 1.80. The van der Waals surface area contributed by atoms with Crippen molar-refractivity contribution in [1.29, 1.82) is 0 Å². The maximum Gasteiger partial charge on any atom is 0.277 e. The third-order valence-electron chi connectivity index (χ3n) is 2.35. The molecule has 3 N–H and O–H groups in total. The number of nitrogens with one attached hydrogen (secondary N) is 1. The number of nitro groups is 1. The number of anilines is 1. The molecule has 0 atom stereocenters. The van der Waals surface area contributed by atoms with Crippen LogP contribution < -0.4 is 11.1 Å². The van der Waals surface area contributed by atoms with Crippen molar-refractivity contribution in [2.45, 2.75) is 0 Å². The monoisotopic (exact) mass is 247 g/mol. The number of rotatable bonds is 2. The molecule has 2 rings (SSSR count). The first kappa shape index (κ1) is 11.3. The summed E-state index contributed by atoms with van der Waals surface area (Å²) in [4.78, 5) is 10.5. The van der Waals surface area contributed by atoms with Gasteiger partial charge in [0, 0.05) is 17.1 Å². The Balaban J connectivity index is 2.69. The molecule has 86 valence electrons. The smallest absolute Gasteiger partial charge is 0.277 e. The molecule has 0 radical (unpaired) electrons. The summed E-state index contributed by atoms with van der Waals surface area (Å²) >= 11 is 4.76. The third kappa shape index (κ3) is 2.16. The number of thiocarbonyl (C=S) groups is 1. The third-order valence-corrected chi connectivity index (χ3v) is 2.46. The molecule has 0 aromatic heterocycles. The zero-order valence-corrected chi connectivity index (χ0v) is 9.53. The van der Waals surface area contributed by atoms with E-state index in [1.807, 2.05) is 0 Å². The van der Waals surface area contributed by atoms with Crippen molar-refractivity contribution in [3.05, 3.63) is 46.5 Å². The van der Waals surface area contributed by atoms with E-state index in [2.05, 4.69) is 5.32 Å². The van der Waals surface area contributed by atoms with E-state index in [1.54, 1.807) is 30.3 Å². The van der Waals surface area contributed by atoms with Crippen LogP contribution in [0.5, 0.6) is 0 Å². The van der Waals surface area contributed by atoms with E-state index in [1.165, 1.54) is 6.07 Å². The van der Waals surface area contributed by atoms with Crippen LogP contribution >= 0.6 is 12.2 Å². The molecule has 0 saturated heterocycles. The van der Waals surface area contributed by atoms with Crippen LogP contribution in [0.2, 0.25) is 0 Å². The molecule has 0 aliphatic carbocycles. The minimum Gasteiger partial charge on any atom is -0.376 e. The van der Waals surface area contributed by atoms with Crippen LogP contribution in [0.25, 0.3) is 10.8 Å².